The maximum absolute atomic E-state index is 12.8. The van der Waals surface area contributed by atoms with Crippen LogP contribution in [0.25, 0.3) is 0 Å². The van der Waals surface area contributed by atoms with E-state index in [4.69, 9.17) is 0 Å². The number of alkyl halides is 6. The van der Waals surface area contributed by atoms with Crippen molar-refractivity contribution in [1.29, 1.82) is 0 Å². The van der Waals surface area contributed by atoms with E-state index in [2.05, 4.69) is 30.3 Å². The molecule has 2 N–H and O–H groups in total. The normalized spacial score (nSPS) is 12.0. The molecule has 1 aromatic heterocycles. The minimum Gasteiger partial charge on any atom is -0.454 e. The van der Waals surface area contributed by atoms with Crippen molar-refractivity contribution in [2.45, 2.75) is 32.1 Å². The third-order valence-corrected chi connectivity index (χ3v) is 3.24. The SMILES string of the molecule is CCCCNc1nc(Nc2cccc(C(F)(F)F)c2)nc(OCC(F)(F)F)n1. The van der Waals surface area contributed by atoms with Crippen molar-refractivity contribution in [3.63, 3.8) is 0 Å². The summed E-state index contributed by atoms with van der Waals surface area (Å²) >= 11 is 0. The minimum atomic E-state index is -4.60. The molecule has 0 spiro atoms. The molecule has 154 valence electrons. The molecular formula is C16H17F6N5O. The quantitative estimate of drug-likeness (QED) is 0.483. The Hall–Kier alpha value is -2.79. The molecule has 1 heterocycles. The fourth-order valence-corrected chi connectivity index (χ4v) is 1.98. The molecule has 2 aromatic rings. The Kier molecular flexibility index (Phi) is 6.86. The molecule has 0 fully saturated rings. The van der Waals surface area contributed by atoms with Crippen LogP contribution in [0.4, 0.5) is 43.9 Å². The van der Waals surface area contributed by atoms with Gasteiger partial charge >= 0.3 is 18.4 Å². The summed E-state index contributed by atoms with van der Waals surface area (Å²) < 4.78 is 80.0. The summed E-state index contributed by atoms with van der Waals surface area (Å²) in [6, 6.07) is 3.60. The number of hydrogen-bond donors (Lipinski definition) is 2. The van der Waals surface area contributed by atoms with Crippen molar-refractivity contribution in [2.24, 2.45) is 0 Å². The molecule has 1 aromatic carbocycles. The van der Waals surface area contributed by atoms with Crippen LogP contribution in [0, 0.1) is 0 Å². The van der Waals surface area contributed by atoms with E-state index in [0.29, 0.717) is 6.54 Å². The Morgan fingerprint density at radius 3 is 2.36 bits per heavy atom. The number of halogens is 6. The van der Waals surface area contributed by atoms with Gasteiger partial charge in [0.1, 0.15) is 0 Å². The number of anilines is 3. The summed E-state index contributed by atoms with van der Waals surface area (Å²) in [6.07, 6.45) is -7.55. The monoisotopic (exact) mass is 409 g/mol. The van der Waals surface area contributed by atoms with Crippen LogP contribution in [0.15, 0.2) is 24.3 Å². The minimum absolute atomic E-state index is 0.00213. The fraction of sp³-hybridized carbons (Fsp3) is 0.438. The molecule has 0 amide bonds. The van der Waals surface area contributed by atoms with Gasteiger partial charge in [0.15, 0.2) is 6.61 Å². The third-order valence-electron chi connectivity index (χ3n) is 3.24. The van der Waals surface area contributed by atoms with Crippen LogP contribution in [-0.2, 0) is 6.18 Å². The van der Waals surface area contributed by atoms with Crippen LogP contribution < -0.4 is 15.4 Å². The summed E-state index contributed by atoms with van der Waals surface area (Å²) in [5.41, 5.74) is -0.899. The average molecular weight is 409 g/mol. The lowest BCUT2D eigenvalue weighted by molar-refractivity contribution is -0.154. The van der Waals surface area contributed by atoms with Crippen LogP contribution in [0.1, 0.15) is 25.3 Å². The summed E-state index contributed by atoms with van der Waals surface area (Å²) in [7, 11) is 0. The van der Waals surface area contributed by atoms with Gasteiger partial charge < -0.3 is 15.4 Å². The van der Waals surface area contributed by atoms with Gasteiger partial charge in [-0.05, 0) is 24.6 Å². The van der Waals surface area contributed by atoms with Crippen molar-refractivity contribution >= 4 is 17.6 Å². The predicted molar refractivity (Wildman–Crippen MR) is 89.5 cm³/mol. The molecule has 0 atom stereocenters. The van der Waals surface area contributed by atoms with Gasteiger partial charge in [-0.15, -0.1) is 0 Å². The van der Waals surface area contributed by atoms with Crippen molar-refractivity contribution < 1.29 is 31.1 Å². The van der Waals surface area contributed by atoms with Crippen LogP contribution in [0.3, 0.4) is 0 Å². The maximum Gasteiger partial charge on any atom is 0.422 e. The lowest BCUT2D eigenvalue weighted by Crippen LogP contribution is -2.21. The highest BCUT2D eigenvalue weighted by molar-refractivity contribution is 5.55. The first kappa shape index (κ1) is 21.5. The number of aromatic nitrogens is 3. The second kappa shape index (κ2) is 8.93. The summed E-state index contributed by atoms with van der Waals surface area (Å²) in [4.78, 5) is 11.4. The van der Waals surface area contributed by atoms with Crippen molar-refractivity contribution in [1.82, 2.24) is 15.0 Å². The molecule has 0 saturated carbocycles. The summed E-state index contributed by atoms with van der Waals surface area (Å²) in [6.45, 7) is 0.768. The standard InChI is InChI=1S/C16H17F6N5O/c1-2-3-7-23-12-25-13(27-14(26-12)28-9-15(17,18)19)24-11-6-4-5-10(8-11)16(20,21)22/h4-6,8H,2-3,7,9H2,1H3,(H2,23,24,25,26,27). The average Bonchev–Trinajstić information content (AvgIpc) is 2.59. The molecule has 0 aliphatic carbocycles. The second-order valence-corrected chi connectivity index (χ2v) is 5.65. The topological polar surface area (TPSA) is 72.0 Å². The largest absolute Gasteiger partial charge is 0.454 e. The smallest absolute Gasteiger partial charge is 0.422 e. The number of benzene rings is 1. The summed E-state index contributed by atoms with van der Waals surface area (Å²) in [5, 5.41) is 5.32. The second-order valence-electron chi connectivity index (χ2n) is 5.65. The molecule has 12 heteroatoms. The number of ether oxygens (including phenoxy) is 1. The zero-order valence-corrected chi connectivity index (χ0v) is 14.7. The van der Waals surface area contributed by atoms with Gasteiger partial charge in [-0.1, -0.05) is 19.4 Å². The lowest BCUT2D eigenvalue weighted by atomic mass is 10.2. The summed E-state index contributed by atoms with van der Waals surface area (Å²) in [5.74, 6) is -0.319. The molecule has 0 radical (unpaired) electrons. The van der Waals surface area contributed by atoms with Gasteiger partial charge in [-0.3, -0.25) is 0 Å². The predicted octanol–water partition coefficient (Wildman–Crippen LogP) is 4.79. The molecule has 0 saturated heterocycles. The van der Waals surface area contributed by atoms with E-state index in [0.717, 1.165) is 25.0 Å². The highest BCUT2D eigenvalue weighted by Crippen LogP contribution is 2.31. The van der Waals surface area contributed by atoms with Crippen LogP contribution in [0.5, 0.6) is 6.01 Å². The molecular weight excluding hydrogens is 392 g/mol. The van der Waals surface area contributed by atoms with Crippen LogP contribution in [-0.4, -0.2) is 34.3 Å². The molecule has 2 rings (SSSR count). The van der Waals surface area contributed by atoms with E-state index in [1.807, 2.05) is 6.92 Å². The van der Waals surface area contributed by atoms with Gasteiger partial charge in [0.05, 0.1) is 5.56 Å². The highest BCUT2D eigenvalue weighted by Gasteiger charge is 2.31. The van der Waals surface area contributed by atoms with Crippen molar-refractivity contribution in [2.75, 3.05) is 23.8 Å². The van der Waals surface area contributed by atoms with E-state index < -0.39 is 30.5 Å². The van der Waals surface area contributed by atoms with E-state index in [-0.39, 0.29) is 17.6 Å². The fourth-order valence-electron chi connectivity index (χ4n) is 1.98. The molecule has 28 heavy (non-hydrogen) atoms. The van der Waals surface area contributed by atoms with Crippen LogP contribution in [0.2, 0.25) is 0 Å². The molecule has 0 unspecified atom stereocenters. The van der Waals surface area contributed by atoms with Gasteiger partial charge in [-0.25, -0.2) is 0 Å². The zero-order valence-electron chi connectivity index (χ0n) is 14.7. The Morgan fingerprint density at radius 2 is 1.71 bits per heavy atom. The van der Waals surface area contributed by atoms with Gasteiger partial charge in [0, 0.05) is 12.2 Å². The Balaban J connectivity index is 2.24. The van der Waals surface area contributed by atoms with Gasteiger partial charge in [-0.2, -0.15) is 41.3 Å². The van der Waals surface area contributed by atoms with Gasteiger partial charge in [0.2, 0.25) is 11.9 Å². The Labute approximate surface area is 156 Å². The van der Waals surface area contributed by atoms with Crippen molar-refractivity contribution in [3.8, 4) is 6.01 Å². The Morgan fingerprint density at radius 1 is 1.00 bits per heavy atom. The van der Waals surface area contributed by atoms with E-state index in [1.54, 1.807) is 0 Å². The third kappa shape index (κ3) is 7.08. The molecule has 6 nitrogen and oxygen atoms in total. The van der Waals surface area contributed by atoms with Crippen LogP contribution >= 0.6 is 0 Å². The zero-order chi connectivity index (χ0) is 20.8. The van der Waals surface area contributed by atoms with Crippen molar-refractivity contribution in [3.05, 3.63) is 29.8 Å². The lowest BCUT2D eigenvalue weighted by Gasteiger charge is -2.13. The number of nitrogens with zero attached hydrogens (tertiary/aromatic N) is 3. The molecule has 0 aliphatic heterocycles. The van der Waals surface area contributed by atoms with E-state index >= 15 is 0 Å². The molecule has 0 bridgehead atoms. The first-order chi connectivity index (χ1) is 13.1. The number of nitrogens with one attached hydrogen (secondary N) is 2. The highest BCUT2D eigenvalue weighted by atomic mass is 19.4. The first-order valence-electron chi connectivity index (χ1n) is 8.20. The number of unbranched alkanes of at least 4 members (excludes halogenated alkanes) is 1. The number of rotatable bonds is 8. The molecule has 0 aliphatic rings. The Bertz CT molecular complexity index is 781. The van der Waals surface area contributed by atoms with E-state index in [1.165, 1.54) is 12.1 Å². The first-order valence-corrected chi connectivity index (χ1v) is 8.20. The number of hydrogen-bond acceptors (Lipinski definition) is 6. The van der Waals surface area contributed by atoms with Gasteiger partial charge in [0.25, 0.3) is 0 Å². The maximum atomic E-state index is 12.8. The van der Waals surface area contributed by atoms with E-state index in [9.17, 15) is 26.3 Å².